The van der Waals surface area contributed by atoms with Crippen LogP contribution in [0, 0.1) is 0 Å². The number of hydrogen-bond acceptors (Lipinski definition) is 3. The van der Waals surface area contributed by atoms with Crippen molar-refractivity contribution in [2.24, 2.45) is 0 Å². The molecule has 0 aliphatic rings. The van der Waals surface area contributed by atoms with Crippen molar-refractivity contribution in [3.8, 4) is 0 Å². The molecule has 0 aromatic heterocycles. The lowest BCUT2D eigenvalue weighted by Crippen LogP contribution is -2.50. The molecule has 43 heavy (non-hydrogen) atoms. The summed E-state index contributed by atoms with van der Waals surface area (Å²) in [5, 5.41) is 0. The summed E-state index contributed by atoms with van der Waals surface area (Å²) in [7, 11) is -4.35. The van der Waals surface area contributed by atoms with Gasteiger partial charge in [-0.05, 0) is 56.6 Å². The largest absolute Gasteiger partial charge is 0.744 e. The second kappa shape index (κ2) is 28.6. The van der Waals surface area contributed by atoms with Crippen LogP contribution in [0.25, 0.3) is 0 Å². The van der Waals surface area contributed by atoms with Gasteiger partial charge in [-0.3, -0.25) is 0 Å². The minimum atomic E-state index is -4.35. The Balaban J connectivity index is 0.000000822. The Morgan fingerprint density at radius 3 is 1.26 bits per heavy atom. The fraction of sp³-hybridized carbons (Fsp3) is 0.842. The average Bonchev–Trinajstić information content (AvgIpc) is 3.00. The van der Waals surface area contributed by atoms with Crippen molar-refractivity contribution in [2.75, 3.05) is 26.2 Å². The van der Waals surface area contributed by atoms with Gasteiger partial charge < -0.3 is 9.04 Å². The van der Waals surface area contributed by atoms with Crippen LogP contribution in [0.15, 0.2) is 29.2 Å². The summed E-state index contributed by atoms with van der Waals surface area (Å²) in [4.78, 5) is -0.0501. The summed E-state index contributed by atoms with van der Waals surface area (Å²) >= 11 is 0. The van der Waals surface area contributed by atoms with Crippen LogP contribution < -0.4 is 0 Å². The van der Waals surface area contributed by atoms with E-state index in [0.717, 1.165) is 12.8 Å². The zero-order chi connectivity index (χ0) is 32.1. The van der Waals surface area contributed by atoms with Gasteiger partial charge >= 0.3 is 0 Å². The van der Waals surface area contributed by atoms with Crippen LogP contribution >= 0.6 is 0 Å². The van der Waals surface area contributed by atoms with Gasteiger partial charge in [0, 0.05) is 0 Å². The maximum atomic E-state index is 11.2. The molecule has 5 heteroatoms. The second-order valence-corrected chi connectivity index (χ2v) is 14.4. The minimum absolute atomic E-state index is 0.0501. The van der Waals surface area contributed by atoms with E-state index in [-0.39, 0.29) is 4.90 Å². The highest BCUT2D eigenvalue weighted by Gasteiger charge is 2.25. The van der Waals surface area contributed by atoms with Gasteiger partial charge in [0.15, 0.2) is 0 Å². The number of nitrogens with zero attached hydrogens (tertiary/aromatic N) is 1. The first kappa shape index (κ1) is 42.1. The van der Waals surface area contributed by atoms with E-state index in [1.807, 2.05) is 0 Å². The third-order valence-electron chi connectivity index (χ3n) is 8.99. The maximum absolute atomic E-state index is 11.2. The number of benzene rings is 1. The Labute approximate surface area is 270 Å². The fourth-order valence-corrected chi connectivity index (χ4v) is 6.87. The molecule has 1 aromatic rings. The number of rotatable bonds is 28. The van der Waals surface area contributed by atoms with Gasteiger partial charge in [-0.1, -0.05) is 156 Å². The molecular weight excluding hydrogens is 550 g/mol. The maximum Gasteiger partial charge on any atom is 0.124 e. The molecule has 0 aliphatic carbocycles. The van der Waals surface area contributed by atoms with Crippen molar-refractivity contribution < 1.29 is 17.5 Å². The highest BCUT2D eigenvalue weighted by Crippen LogP contribution is 2.19. The molecule has 4 nitrogen and oxygen atoms in total. The van der Waals surface area contributed by atoms with Crippen molar-refractivity contribution in [2.45, 2.75) is 187 Å². The number of unbranched alkanes of at least 4 members (excludes halogenated alkanes) is 17. The predicted octanol–water partition coefficient (Wildman–Crippen LogP) is 11.6. The number of hydrogen-bond donors (Lipinski definition) is 0. The second-order valence-electron chi connectivity index (χ2n) is 13.1. The molecule has 1 rings (SSSR count). The summed E-state index contributed by atoms with van der Waals surface area (Å²) in [5.74, 6) is 0. The van der Waals surface area contributed by atoms with Crippen LogP contribution in [0.2, 0.25) is 0 Å². The van der Waals surface area contributed by atoms with Gasteiger partial charge in [-0.25, -0.2) is 8.42 Å². The van der Waals surface area contributed by atoms with Crippen LogP contribution in [0.4, 0.5) is 0 Å². The van der Waals surface area contributed by atoms with E-state index in [9.17, 15) is 13.0 Å². The Morgan fingerprint density at radius 1 is 0.488 bits per heavy atom. The zero-order valence-electron chi connectivity index (χ0n) is 29.5. The van der Waals surface area contributed by atoms with Crippen LogP contribution in [-0.4, -0.2) is 43.6 Å². The van der Waals surface area contributed by atoms with Crippen molar-refractivity contribution in [1.82, 2.24) is 0 Å². The molecule has 1 aromatic carbocycles. The molecular formula is C38H73NO3S. The Morgan fingerprint density at radius 2 is 0.837 bits per heavy atom. The first-order valence-electron chi connectivity index (χ1n) is 18.7. The number of quaternary nitrogens is 1. The van der Waals surface area contributed by atoms with Crippen LogP contribution in [0.1, 0.15) is 181 Å². The molecule has 0 radical (unpaired) electrons. The van der Waals surface area contributed by atoms with Crippen LogP contribution in [0.3, 0.4) is 0 Å². The van der Waals surface area contributed by atoms with Gasteiger partial charge in [0.1, 0.15) is 10.1 Å². The SMILES string of the molecule is CCCCCCCCCCCCc1ccccc1S(=O)(=O)[O-].CCCCCCCC[N+](CCCC)(CCCC)CCCC. The topological polar surface area (TPSA) is 57.2 Å². The van der Waals surface area contributed by atoms with E-state index in [1.54, 1.807) is 18.2 Å². The fourth-order valence-electron chi connectivity index (χ4n) is 6.14. The third-order valence-corrected chi connectivity index (χ3v) is 9.92. The van der Waals surface area contributed by atoms with E-state index >= 15 is 0 Å². The molecule has 0 saturated heterocycles. The minimum Gasteiger partial charge on any atom is -0.744 e. The van der Waals surface area contributed by atoms with Crippen molar-refractivity contribution in [1.29, 1.82) is 0 Å². The zero-order valence-corrected chi connectivity index (χ0v) is 30.3. The van der Waals surface area contributed by atoms with Gasteiger partial charge in [0.2, 0.25) is 0 Å². The van der Waals surface area contributed by atoms with Gasteiger partial charge in [0.25, 0.3) is 0 Å². The molecule has 0 fully saturated rings. The summed E-state index contributed by atoms with van der Waals surface area (Å²) < 4.78 is 35.0. The van der Waals surface area contributed by atoms with E-state index in [2.05, 4.69) is 34.6 Å². The Hall–Kier alpha value is -0.910. The summed E-state index contributed by atoms with van der Waals surface area (Å²) in [5.41, 5.74) is 0.664. The van der Waals surface area contributed by atoms with Crippen molar-refractivity contribution in [3.05, 3.63) is 29.8 Å². The standard InChI is InChI=1S/C20H44N.C18H30O3S/c1-5-9-13-14-15-16-20-21(17-10-6-2,18-11-7-3)19-12-8-4;1-2-3-4-5-6-7-8-9-10-11-14-17-15-12-13-16-18(17)22(19,20)21/h5-20H2,1-4H3;12-13,15-16H,2-11,14H2,1H3,(H,19,20,21)/q+1;/p-1. The normalized spacial score (nSPS) is 11.9. The summed E-state index contributed by atoms with van der Waals surface area (Å²) in [6.45, 7) is 17.3. The monoisotopic (exact) mass is 624 g/mol. The molecule has 0 unspecified atom stereocenters. The summed E-state index contributed by atoms with van der Waals surface area (Å²) in [6.07, 6.45) is 30.1. The summed E-state index contributed by atoms with van der Waals surface area (Å²) in [6, 6.07) is 6.56. The molecule has 254 valence electrons. The van der Waals surface area contributed by atoms with Gasteiger partial charge in [-0.2, -0.15) is 0 Å². The molecule has 0 aliphatic heterocycles. The van der Waals surface area contributed by atoms with Crippen molar-refractivity contribution in [3.63, 3.8) is 0 Å². The van der Waals surface area contributed by atoms with Crippen LogP contribution in [-0.2, 0) is 16.5 Å². The molecule has 0 spiro atoms. The molecule has 0 amide bonds. The first-order valence-corrected chi connectivity index (χ1v) is 20.1. The van der Waals surface area contributed by atoms with Gasteiger partial charge in [0.05, 0.1) is 31.1 Å². The van der Waals surface area contributed by atoms with Gasteiger partial charge in [-0.15, -0.1) is 0 Å². The van der Waals surface area contributed by atoms with E-state index in [4.69, 9.17) is 0 Å². The van der Waals surface area contributed by atoms with E-state index in [1.165, 1.54) is 165 Å². The Kier molecular flexibility index (Phi) is 28.0. The van der Waals surface area contributed by atoms with Crippen molar-refractivity contribution >= 4 is 10.1 Å². The smallest absolute Gasteiger partial charge is 0.124 e. The molecule has 0 heterocycles. The quantitative estimate of drug-likeness (QED) is 0.0530. The first-order chi connectivity index (χ1) is 20.8. The van der Waals surface area contributed by atoms with E-state index < -0.39 is 10.1 Å². The lowest BCUT2D eigenvalue weighted by molar-refractivity contribution is -0.929. The lowest BCUT2D eigenvalue weighted by atomic mass is 10.0. The lowest BCUT2D eigenvalue weighted by Gasteiger charge is -2.39. The highest BCUT2D eigenvalue weighted by molar-refractivity contribution is 7.85. The third kappa shape index (κ3) is 23.1. The molecule has 0 saturated carbocycles. The Bertz CT molecular complexity index is 818. The molecule has 0 atom stereocenters. The van der Waals surface area contributed by atoms with Crippen LogP contribution in [0.5, 0.6) is 0 Å². The number of aryl methyl sites for hydroxylation is 1. The average molecular weight is 624 g/mol. The highest BCUT2D eigenvalue weighted by atomic mass is 32.2. The molecule has 0 bridgehead atoms. The molecule has 0 N–H and O–H groups in total. The predicted molar refractivity (Wildman–Crippen MR) is 188 cm³/mol. The van der Waals surface area contributed by atoms with E-state index in [0.29, 0.717) is 12.0 Å².